The Morgan fingerprint density at radius 2 is 1.96 bits per heavy atom. The molecule has 0 aliphatic carbocycles. The standard InChI is InChI=1S/C18H23N3O3/c1-10(2)18(23)14-9-19-7-6-15(14)20-16(22)8-11(3)17-12(4)21-24-13(17)5/h6-7,9-11H,8H2,1-5H3,(H,19,20,22)/t11-/m0/s1. The van der Waals surface area contributed by atoms with Crippen LogP contribution in [0.5, 0.6) is 0 Å². The van der Waals surface area contributed by atoms with Crippen molar-refractivity contribution in [2.24, 2.45) is 5.92 Å². The lowest BCUT2D eigenvalue weighted by Crippen LogP contribution is -2.18. The van der Waals surface area contributed by atoms with Crippen molar-refractivity contribution in [2.75, 3.05) is 5.32 Å². The third-order valence-corrected chi connectivity index (χ3v) is 3.96. The van der Waals surface area contributed by atoms with Crippen molar-refractivity contribution in [3.63, 3.8) is 0 Å². The van der Waals surface area contributed by atoms with Crippen LogP contribution in [0.3, 0.4) is 0 Å². The molecule has 2 aromatic rings. The highest BCUT2D eigenvalue weighted by atomic mass is 16.5. The van der Waals surface area contributed by atoms with Crippen LogP contribution in [0, 0.1) is 19.8 Å². The fraction of sp³-hybridized carbons (Fsp3) is 0.444. The predicted octanol–water partition coefficient (Wildman–Crippen LogP) is 3.66. The van der Waals surface area contributed by atoms with Gasteiger partial charge in [-0.25, -0.2) is 0 Å². The second-order valence-corrected chi connectivity index (χ2v) is 6.33. The van der Waals surface area contributed by atoms with Crippen molar-refractivity contribution in [2.45, 2.75) is 47.0 Å². The van der Waals surface area contributed by atoms with E-state index in [1.807, 2.05) is 34.6 Å². The Morgan fingerprint density at radius 1 is 1.25 bits per heavy atom. The summed E-state index contributed by atoms with van der Waals surface area (Å²) in [5, 5.41) is 6.75. The number of hydrogen-bond donors (Lipinski definition) is 1. The van der Waals surface area contributed by atoms with Gasteiger partial charge in [0, 0.05) is 30.3 Å². The summed E-state index contributed by atoms with van der Waals surface area (Å²) < 4.78 is 5.16. The van der Waals surface area contributed by atoms with Crippen LogP contribution in [0.2, 0.25) is 0 Å². The van der Waals surface area contributed by atoms with E-state index in [0.29, 0.717) is 11.3 Å². The molecule has 128 valence electrons. The van der Waals surface area contributed by atoms with Crippen LogP contribution in [0.15, 0.2) is 23.0 Å². The zero-order valence-corrected chi connectivity index (χ0v) is 14.7. The Balaban J connectivity index is 2.12. The summed E-state index contributed by atoms with van der Waals surface area (Å²) >= 11 is 0. The number of anilines is 1. The number of nitrogens with one attached hydrogen (secondary N) is 1. The topological polar surface area (TPSA) is 85.1 Å². The van der Waals surface area contributed by atoms with Crippen LogP contribution in [0.1, 0.15) is 60.5 Å². The van der Waals surface area contributed by atoms with Gasteiger partial charge < -0.3 is 9.84 Å². The molecule has 0 saturated carbocycles. The predicted molar refractivity (Wildman–Crippen MR) is 91.0 cm³/mol. The molecule has 0 aliphatic rings. The van der Waals surface area contributed by atoms with E-state index in [2.05, 4.69) is 15.5 Å². The molecule has 1 atom stereocenters. The van der Waals surface area contributed by atoms with Gasteiger partial charge in [0.05, 0.1) is 16.9 Å². The number of ketones is 1. The molecular weight excluding hydrogens is 306 g/mol. The van der Waals surface area contributed by atoms with Crippen molar-refractivity contribution in [1.29, 1.82) is 0 Å². The van der Waals surface area contributed by atoms with E-state index in [4.69, 9.17) is 4.52 Å². The fourth-order valence-electron chi connectivity index (χ4n) is 2.79. The third-order valence-electron chi connectivity index (χ3n) is 3.96. The van der Waals surface area contributed by atoms with Crippen molar-refractivity contribution in [3.05, 3.63) is 41.0 Å². The van der Waals surface area contributed by atoms with Gasteiger partial charge in [-0.15, -0.1) is 0 Å². The second-order valence-electron chi connectivity index (χ2n) is 6.33. The third kappa shape index (κ3) is 3.88. The number of amides is 1. The van der Waals surface area contributed by atoms with Crippen LogP contribution < -0.4 is 5.32 Å². The number of aryl methyl sites for hydroxylation is 2. The first-order valence-electron chi connectivity index (χ1n) is 8.02. The van der Waals surface area contributed by atoms with Gasteiger partial charge in [0.2, 0.25) is 5.91 Å². The van der Waals surface area contributed by atoms with Crippen molar-refractivity contribution in [3.8, 4) is 0 Å². The zero-order chi connectivity index (χ0) is 17.9. The Labute approximate surface area is 141 Å². The minimum absolute atomic E-state index is 0.0256. The number of aromatic nitrogens is 2. The quantitative estimate of drug-likeness (QED) is 0.818. The van der Waals surface area contributed by atoms with E-state index in [0.717, 1.165) is 17.0 Å². The molecule has 2 aromatic heterocycles. The van der Waals surface area contributed by atoms with Crippen molar-refractivity contribution in [1.82, 2.24) is 10.1 Å². The van der Waals surface area contributed by atoms with Gasteiger partial charge in [-0.1, -0.05) is 25.9 Å². The average molecular weight is 329 g/mol. The van der Waals surface area contributed by atoms with E-state index >= 15 is 0 Å². The molecule has 0 unspecified atom stereocenters. The first kappa shape index (κ1) is 17.8. The molecule has 0 saturated heterocycles. The van der Waals surface area contributed by atoms with Gasteiger partial charge in [0.25, 0.3) is 0 Å². The van der Waals surface area contributed by atoms with Crippen molar-refractivity contribution < 1.29 is 14.1 Å². The van der Waals surface area contributed by atoms with Crippen LogP contribution >= 0.6 is 0 Å². The molecule has 0 aliphatic heterocycles. The summed E-state index contributed by atoms with van der Waals surface area (Å²) in [5.41, 5.74) is 2.69. The number of hydrogen-bond acceptors (Lipinski definition) is 5. The maximum Gasteiger partial charge on any atom is 0.224 e. The molecular formula is C18H23N3O3. The van der Waals surface area contributed by atoms with Gasteiger partial charge in [-0.05, 0) is 25.8 Å². The van der Waals surface area contributed by atoms with E-state index in [9.17, 15) is 9.59 Å². The Kier molecular flexibility index (Phi) is 5.49. The van der Waals surface area contributed by atoms with Crippen LogP contribution in [0.25, 0.3) is 0 Å². The van der Waals surface area contributed by atoms with Gasteiger partial charge in [0.15, 0.2) is 5.78 Å². The lowest BCUT2D eigenvalue weighted by atomic mass is 9.95. The molecule has 6 heteroatoms. The maximum atomic E-state index is 12.4. The van der Waals surface area contributed by atoms with Gasteiger partial charge in [0.1, 0.15) is 5.76 Å². The average Bonchev–Trinajstić information content (AvgIpc) is 2.85. The van der Waals surface area contributed by atoms with Gasteiger partial charge >= 0.3 is 0 Å². The van der Waals surface area contributed by atoms with E-state index < -0.39 is 0 Å². The lowest BCUT2D eigenvalue weighted by molar-refractivity contribution is -0.116. The normalized spacial score (nSPS) is 12.2. The molecule has 2 rings (SSSR count). The summed E-state index contributed by atoms with van der Waals surface area (Å²) in [6, 6.07) is 1.65. The zero-order valence-electron chi connectivity index (χ0n) is 14.7. The number of rotatable bonds is 6. The molecule has 0 bridgehead atoms. The highest BCUT2D eigenvalue weighted by Crippen LogP contribution is 2.26. The minimum Gasteiger partial charge on any atom is -0.361 e. The minimum atomic E-state index is -0.161. The SMILES string of the molecule is Cc1noc(C)c1[C@@H](C)CC(=O)Nc1ccncc1C(=O)C(C)C. The molecule has 2 heterocycles. The lowest BCUT2D eigenvalue weighted by Gasteiger charge is -2.14. The number of carbonyl (C=O) groups excluding carboxylic acids is 2. The second kappa shape index (κ2) is 7.38. The first-order valence-corrected chi connectivity index (χ1v) is 8.02. The molecule has 0 fully saturated rings. The Bertz CT molecular complexity index is 730. The van der Waals surface area contributed by atoms with Gasteiger partial charge in [-0.2, -0.15) is 0 Å². The number of carbonyl (C=O) groups is 2. The molecule has 6 nitrogen and oxygen atoms in total. The summed E-state index contributed by atoms with van der Waals surface area (Å²) in [4.78, 5) is 28.6. The molecule has 1 N–H and O–H groups in total. The van der Waals surface area contributed by atoms with E-state index in [-0.39, 0.29) is 29.9 Å². The van der Waals surface area contributed by atoms with E-state index in [1.54, 1.807) is 12.3 Å². The molecule has 24 heavy (non-hydrogen) atoms. The number of pyridine rings is 1. The molecule has 0 radical (unpaired) electrons. The van der Waals surface area contributed by atoms with Gasteiger partial charge in [-0.3, -0.25) is 14.6 Å². The molecule has 1 amide bonds. The van der Waals surface area contributed by atoms with Crippen LogP contribution in [-0.2, 0) is 4.79 Å². The first-order chi connectivity index (χ1) is 11.3. The largest absolute Gasteiger partial charge is 0.361 e. The smallest absolute Gasteiger partial charge is 0.224 e. The monoisotopic (exact) mass is 329 g/mol. The summed E-state index contributed by atoms with van der Waals surface area (Å²) in [5.74, 6) is 0.337. The summed E-state index contributed by atoms with van der Waals surface area (Å²) in [6.07, 6.45) is 3.33. The Morgan fingerprint density at radius 3 is 2.54 bits per heavy atom. The number of nitrogens with zero attached hydrogens (tertiary/aromatic N) is 2. The van der Waals surface area contributed by atoms with E-state index in [1.165, 1.54) is 6.20 Å². The fourth-order valence-corrected chi connectivity index (χ4v) is 2.79. The summed E-state index contributed by atoms with van der Waals surface area (Å²) in [6.45, 7) is 9.30. The van der Waals surface area contributed by atoms with Crippen molar-refractivity contribution >= 4 is 17.4 Å². The van der Waals surface area contributed by atoms with Crippen LogP contribution in [0.4, 0.5) is 5.69 Å². The Hall–Kier alpha value is -2.50. The molecule has 0 aromatic carbocycles. The highest BCUT2D eigenvalue weighted by molar-refractivity contribution is 6.05. The highest BCUT2D eigenvalue weighted by Gasteiger charge is 2.21. The summed E-state index contributed by atoms with van der Waals surface area (Å²) in [7, 11) is 0. The maximum absolute atomic E-state index is 12.4. The molecule has 0 spiro atoms. The number of Topliss-reactive ketones (excluding diaryl/α,β-unsaturated/α-hetero) is 1. The van der Waals surface area contributed by atoms with Crippen LogP contribution in [-0.4, -0.2) is 21.8 Å².